The monoisotopic (exact) mass is 534 g/mol. The van der Waals surface area contributed by atoms with Crippen LogP contribution in [0.5, 0.6) is 0 Å². The summed E-state index contributed by atoms with van der Waals surface area (Å²) in [4.78, 5) is 27.9. The van der Waals surface area contributed by atoms with Crippen LogP contribution in [0.1, 0.15) is 59.8 Å². The molecular weight excluding hydrogens is 500 g/mol. The molecule has 2 atom stereocenters. The highest BCUT2D eigenvalue weighted by Gasteiger charge is 2.42. The number of hydroxylamine groups is 4. The first kappa shape index (κ1) is 27.3. The van der Waals surface area contributed by atoms with Gasteiger partial charge in [0.15, 0.2) is 0 Å². The van der Waals surface area contributed by atoms with Crippen LogP contribution in [0, 0.1) is 0 Å². The summed E-state index contributed by atoms with van der Waals surface area (Å²) in [5, 5.41) is 24.4. The van der Waals surface area contributed by atoms with Crippen molar-refractivity contribution >= 4 is 11.8 Å². The summed E-state index contributed by atoms with van der Waals surface area (Å²) in [6.07, 6.45) is 2.48. The summed E-state index contributed by atoms with van der Waals surface area (Å²) in [5.74, 6) is -2.42. The SMILES string of the molecule is O=C(C(c1ccccc1)c1ccccc1)N(O)C1CCCCC1N(O)C(=O)C(c1ccccc1)c1ccccc1. The highest BCUT2D eigenvalue weighted by Crippen LogP contribution is 2.34. The maximum atomic E-state index is 13.9. The average Bonchev–Trinajstić information content (AvgIpc) is 3.02. The molecule has 0 aliphatic heterocycles. The van der Waals surface area contributed by atoms with Crippen molar-refractivity contribution in [3.8, 4) is 0 Å². The Morgan fingerprint density at radius 3 is 1.00 bits per heavy atom. The van der Waals surface area contributed by atoms with Gasteiger partial charge in [-0.3, -0.25) is 20.0 Å². The minimum absolute atomic E-state index is 0.467. The highest BCUT2D eigenvalue weighted by atomic mass is 16.5. The number of carbonyl (C=O) groups excluding carboxylic acids is 2. The van der Waals surface area contributed by atoms with Crippen LogP contribution in [-0.2, 0) is 9.59 Å². The van der Waals surface area contributed by atoms with E-state index in [1.54, 1.807) is 0 Å². The lowest BCUT2D eigenvalue weighted by Gasteiger charge is -2.41. The molecule has 40 heavy (non-hydrogen) atoms. The molecule has 6 nitrogen and oxygen atoms in total. The Balaban J connectivity index is 1.44. The summed E-state index contributed by atoms with van der Waals surface area (Å²) in [5.41, 5.74) is 3.04. The molecule has 4 aromatic carbocycles. The van der Waals surface area contributed by atoms with Crippen molar-refractivity contribution in [1.82, 2.24) is 10.1 Å². The first-order valence-electron chi connectivity index (χ1n) is 13.8. The normalized spacial score (nSPS) is 17.0. The highest BCUT2D eigenvalue weighted by molar-refractivity contribution is 5.88. The number of hydrogen-bond acceptors (Lipinski definition) is 4. The van der Waals surface area contributed by atoms with Crippen LogP contribution in [0.25, 0.3) is 0 Å². The Labute approximate surface area is 235 Å². The van der Waals surface area contributed by atoms with Crippen molar-refractivity contribution in [3.63, 3.8) is 0 Å². The fourth-order valence-electron chi connectivity index (χ4n) is 5.79. The zero-order valence-corrected chi connectivity index (χ0v) is 22.3. The van der Waals surface area contributed by atoms with Crippen LogP contribution in [0.15, 0.2) is 121 Å². The third-order valence-corrected chi connectivity index (χ3v) is 7.80. The summed E-state index contributed by atoms with van der Waals surface area (Å²) < 4.78 is 0. The van der Waals surface area contributed by atoms with E-state index in [9.17, 15) is 20.0 Å². The molecule has 1 fully saturated rings. The topological polar surface area (TPSA) is 81.1 Å². The van der Waals surface area contributed by atoms with E-state index >= 15 is 0 Å². The van der Waals surface area contributed by atoms with Crippen LogP contribution in [-0.4, -0.2) is 44.4 Å². The van der Waals surface area contributed by atoms with E-state index in [4.69, 9.17) is 0 Å². The molecule has 0 aromatic heterocycles. The zero-order valence-electron chi connectivity index (χ0n) is 22.3. The molecule has 1 aliphatic rings. The molecule has 0 radical (unpaired) electrons. The van der Waals surface area contributed by atoms with E-state index in [0.29, 0.717) is 12.8 Å². The molecule has 6 heteroatoms. The molecule has 0 saturated heterocycles. The van der Waals surface area contributed by atoms with Gasteiger partial charge in [-0.05, 0) is 35.1 Å². The maximum absolute atomic E-state index is 13.9. The predicted octanol–water partition coefficient (Wildman–Crippen LogP) is 6.40. The lowest BCUT2D eigenvalue weighted by Crippen LogP contribution is -2.56. The smallest absolute Gasteiger partial charge is 0.258 e. The second-order valence-electron chi connectivity index (χ2n) is 10.3. The summed E-state index contributed by atoms with van der Waals surface area (Å²) in [6, 6.07) is 35.9. The number of nitrogens with zero attached hydrogens (tertiary/aromatic N) is 2. The van der Waals surface area contributed by atoms with Gasteiger partial charge in [0.25, 0.3) is 11.8 Å². The van der Waals surface area contributed by atoms with E-state index in [2.05, 4.69) is 0 Å². The van der Waals surface area contributed by atoms with Crippen molar-refractivity contribution in [2.24, 2.45) is 0 Å². The summed E-state index contributed by atoms with van der Waals surface area (Å²) in [6.45, 7) is 0. The van der Waals surface area contributed by atoms with Crippen molar-refractivity contribution in [3.05, 3.63) is 144 Å². The van der Waals surface area contributed by atoms with E-state index < -0.39 is 35.7 Å². The number of amides is 2. The lowest BCUT2D eigenvalue weighted by molar-refractivity contribution is -0.213. The number of carbonyl (C=O) groups is 2. The van der Waals surface area contributed by atoms with Crippen LogP contribution in [0.4, 0.5) is 0 Å². The third kappa shape index (κ3) is 5.83. The molecule has 5 rings (SSSR count). The van der Waals surface area contributed by atoms with E-state index in [1.807, 2.05) is 121 Å². The standard InChI is InChI=1S/C34H34N2O4/c37-33(31(25-15-5-1-6-16-25)26-17-7-2-8-18-26)35(39)29-23-13-14-24-30(29)36(40)34(38)32(27-19-9-3-10-20-27)28-21-11-4-12-22-28/h1-12,15-22,29-32,39-40H,13-14,23-24H2. The largest absolute Gasteiger partial charge is 0.286 e. The van der Waals surface area contributed by atoms with Gasteiger partial charge in [-0.1, -0.05) is 134 Å². The van der Waals surface area contributed by atoms with Crippen LogP contribution < -0.4 is 0 Å². The van der Waals surface area contributed by atoms with E-state index in [1.165, 1.54) is 0 Å². The Bertz CT molecular complexity index is 1190. The van der Waals surface area contributed by atoms with Gasteiger partial charge in [0.1, 0.15) is 0 Å². The van der Waals surface area contributed by atoms with Gasteiger partial charge in [0.05, 0.1) is 23.9 Å². The Hall–Kier alpha value is -4.26. The fraction of sp³-hybridized carbons (Fsp3) is 0.235. The third-order valence-electron chi connectivity index (χ3n) is 7.80. The van der Waals surface area contributed by atoms with Crippen LogP contribution in [0.3, 0.4) is 0 Å². The minimum Gasteiger partial charge on any atom is -0.286 e. The Morgan fingerprint density at radius 1 is 0.500 bits per heavy atom. The van der Waals surface area contributed by atoms with Gasteiger partial charge in [-0.25, -0.2) is 10.1 Å². The molecule has 2 unspecified atom stereocenters. The van der Waals surface area contributed by atoms with Crippen molar-refractivity contribution < 1.29 is 20.0 Å². The van der Waals surface area contributed by atoms with E-state index in [-0.39, 0.29) is 0 Å². The number of benzene rings is 4. The zero-order chi connectivity index (χ0) is 27.9. The quantitative estimate of drug-likeness (QED) is 0.203. The first-order valence-corrected chi connectivity index (χ1v) is 13.8. The molecule has 1 aliphatic carbocycles. The summed E-state index contributed by atoms with van der Waals surface area (Å²) >= 11 is 0. The molecule has 2 amide bonds. The predicted molar refractivity (Wildman–Crippen MR) is 153 cm³/mol. The second-order valence-corrected chi connectivity index (χ2v) is 10.3. The molecule has 4 aromatic rings. The maximum Gasteiger partial charge on any atom is 0.258 e. The fourth-order valence-corrected chi connectivity index (χ4v) is 5.79. The lowest BCUT2D eigenvalue weighted by atomic mass is 9.85. The van der Waals surface area contributed by atoms with Gasteiger partial charge < -0.3 is 0 Å². The molecule has 1 saturated carbocycles. The van der Waals surface area contributed by atoms with Crippen molar-refractivity contribution in [2.75, 3.05) is 0 Å². The molecule has 0 heterocycles. The molecule has 2 N–H and O–H groups in total. The van der Waals surface area contributed by atoms with Gasteiger partial charge in [-0.2, -0.15) is 0 Å². The second kappa shape index (κ2) is 12.7. The van der Waals surface area contributed by atoms with Gasteiger partial charge in [0, 0.05) is 0 Å². The number of rotatable bonds is 8. The first-order chi connectivity index (χ1) is 19.6. The molecule has 204 valence electrons. The van der Waals surface area contributed by atoms with Crippen molar-refractivity contribution in [2.45, 2.75) is 49.6 Å². The molecular formula is C34H34N2O4. The van der Waals surface area contributed by atoms with Crippen LogP contribution in [0.2, 0.25) is 0 Å². The van der Waals surface area contributed by atoms with Crippen LogP contribution >= 0.6 is 0 Å². The molecule has 0 spiro atoms. The summed E-state index contributed by atoms with van der Waals surface area (Å²) in [7, 11) is 0. The molecule has 0 bridgehead atoms. The minimum atomic E-state index is -0.752. The average molecular weight is 535 g/mol. The van der Waals surface area contributed by atoms with Gasteiger partial charge in [0.2, 0.25) is 0 Å². The number of hydrogen-bond donors (Lipinski definition) is 2. The van der Waals surface area contributed by atoms with Gasteiger partial charge >= 0.3 is 0 Å². The Morgan fingerprint density at radius 2 is 0.750 bits per heavy atom. The Kier molecular flexibility index (Phi) is 8.69. The van der Waals surface area contributed by atoms with Gasteiger partial charge in [-0.15, -0.1) is 0 Å². The van der Waals surface area contributed by atoms with Crippen molar-refractivity contribution in [1.29, 1.82) is 0 Å². The van der Waals surface area contributed by atoms with E-state index in [0.717, 1.165) is 45.2 Å².